The maximum atomic E-state index is 12.3. The molecule has 0 radical (unpaired) electrons. The fraction of sp³-hybridized carbons (Fsp3) is 0.611. The average molecular weight is 682 g/mol. The van der Waals surface area contributed by atoms with Crippen molar-refractivity contribution in [3.8, 4) is 28.4 Å². The second-order valence-corrected chi connectivity index (χ2v) is 20.0. The van der Waals surface area contributed by atoms with Crippen molar-refractivity contribution in [2.24, 2.45) is 5.92 Å². The van der Waals surface area contributed by atoms with E-state index in [1.54, 1.807) is 0 Å². The first-order chi connectivity index (χ1) is 22.5. The molecule has 1 atom stereocenters. The summed E-state index contributed by atoms with van der Waals surface area (Å²) in [5, 5.41) is 10.6. The quantitative estimate of drug-likeness (QED) is 0.172. The van der Waals surface area contributed by atoms with Gasteiger partial charge in [-0.05, 0) is 83.6 Å². The normalized spacial score (nSPS) is 15.2. The van der Waals surface area contributed by atoms with Crippen molar-refractivity contribution in [3.05, 3.63) is 41.8 Å². The lowest BCUT2D eigenvalue weighted by Gasteiger charge is -2.39. The van der Waals surface area contributed by atoms with Crippen LogP contribution in [0.3, 0.4) is 0 Å². The molecule has 2 N–H and O–H groups in total. The lowest BCUT2D eigenvalue weighted by Crippen LogP contribution is -2.46. The number of carbonyl (C=O) groups is 1. The molecule has 1 unspecified atom stereocenters. The van der Waals surface area contributed by atoms with E-state index in [1.165, 1.54) is 0 Å². The van der Waals surface area contributed by atoms with Crippen molar-refractivity contribution in [3.63, 3.8) is 0 Å². The van der Waals surface area contributed by atoms with Crippen LogP contribution < -0.4 is 15.4 Å². The summed E-state index contributed by atoms with van der Waals surface area (Å²) < 4.78 is 29.6. The zero-order chi connectivity index (χ0) is 35.1. The first-order valence-electron chi connectivity index (χ1n) is 17.0. The summed E-state index contributed by atoms with van der Waals surface area (Å²) in [6.07, 6.45) is 1.85. The molecule has 0 bridgehead atoms. The molecule has 1 fully saturated rings. The number of alkyl carbamates (subject to hydrolysis) is 1. The molecule has 264 valence electrons. The molecule has 11 nitrogen and oxygen atoms in total. The molecule has 48 heavy (non-hydrogen) atoms. The number of rotatable bonds is 13. The Bertz CT molecular complexity index is 1490. The molecule has 1 aliphatic rings. The number of carbonyl (C=O) groups excluding carboxylic acids is 1. The zero-order valence-electron chi connectivity index (χ0n) is 30.5. The van der Waals surface area contributed by atoms with Crippen LogP contribution in [0.15, 0.2) is 34.9 Å². The number of aryl methyl sites for hydroxylation is 2. The number of ether oxygens (including phenoxy) is 3. The van der Waals surface area contributed by atoms with Crippen LogP contribution >= 0.6 is 0 Å². The summed E-state index contributed by atoms with van der Waals surface area (Å²) in [5.74, 6) is 3.21. The molecule has 1 aliphatic heterocycles. The van der Waals surface area contributed by atoms with Gasteiger partial charge < -0.3 is 33.8 Å². The Kier molecular flexibility index (Phi) is 12.3. The van der Waals surface area contributed by atoms with E-state index in [0.717, 1.165) is 60.9 Å². The van der Waals surface area contributed by atoms with Crippen LogP contribution in [0.25, 0.3) is 22.6 Å². The smallest absolute Gasteiger partial charge is 0.407 e. The summed E-state index contributed by atoms with van der Waals surface area (Å²) in [6, 6.07) is 9.75. The number of aromatic nitrogens is 3. The average Bonchev–Trinajstić information content (AvgIpc) is 3.35. The van der Waals surface area contributed by atoms with E-state index in [-0.39, 0.29) is 23.3 Å². The lowest BCUT2D eigenvalue weighted by molar-refractivity contribution is 0.0699. The molecule has 3 heterocycles. The van der Waals surface area contributed by atoms with Gasteiger partial charge in [-0.3, -0.25) is 0 Å². The van der Waals surface area contributed by atoms with Crippen molar-refractivity contribution >= 4 is 20.2 Å². The van der Waals surface area contributed by atoms with Crippen molar-refractivity contribution in [2.45, 2.75) is 104 Å². The van der Waals surface area contributed by atoms with E-state index in [9.17, 15) is 4.79 Å². The Morgan fingerprint density at radius 2 is 1.79 bits per heavy atom. The monoisotopic (exact) mass is 681 g/mol. The number of anilines is 1. The first kappa shape index (κ1) is 37.3. The van der Waals surface area contributed by atoms with E-state index in [1.807, 2.05) is 65.0 Å². The molecule has 3 aromatic rings. The van der Waals surface area contributed by atoms with Crippen LogP contribution in [0.1, 0.15) is 72.3 Å². The summed E-state index contributed by atoms with van der Waals surface area (Å²) in [7, 11) is -2.14. The van der Waals surface area contributed by atoms with Crippen LogP contribution in [0.2, 0.25) is 18.1 Å². The van der Waals surface area contributed by atoms with E-state index in [4.69, 9.17) is 33.1 Å². The fourth-order valence-electron chi connectivity index (χ4n) is 5.15. The zero-order valence-corrected chi connectivity index (χ0v) is 31.5. The predicted octanol–water partition coefficient (Wildman–Crippen LogP) is 7.94. The summed E-state index contributed by atoms with van der Waals surface area (Å²) in [6.45, 7) is 23.5. The standard InChI is InChI=1S/C36H55N5O6Si/c1-24-32(25(2)46-41-24)30-21-31(37-22-26-14-17-43-18-15-26)39-33(38-30)27-12-11-13-28(20-27)45-23-29(47-48(9,10)36(6,7)8)16-19-44-34(42)40-35(3,4)5/h11-13,20-21,26,29H,14-19,22-23H2,1-10H3,(H,40,42)(H,37,38,39). The Balaban J connectivity index is 1.53. The van der Waals surface area contributed by atoms with Crippen LogP contribution in [-0.2, 0) is 13.9 Å². The number of hydrogen-bond donors (Lipinski definition) is 2. The van der Waals surface area contributed by atoms with Crippen LogP contribution in [-0.4, -0.2) is 74.2 Å². The van der Waals surface area contributed by atoms with Crippen molar-refractivity contribution in [1.29, 1.82) is 0 Å². The highest BCUT2D eigenvalue weighted by Crippen LogP contribution is 2.38. The molecular weight excluding hydrogens is 627 g/mol. The van der Waals surface area contributed by atoms with Gasteiger partial charge in [0.15, 0.2) is 14.1 Å². The van der Waals surface area contributed by atoms with Crippen molar-refractivity contribution < 1.29 is 28.0 Å². The van der Waals surface area contributed by atoms with E-state index in [0.29, 0.717) is 36.3 Å². The largest absolute Gasteiger partial charge is 0.491 e. The molecule has 2 aromatic heterocycles. The van der Waals surface area contributed by atoms with Gasteiger partial charge >= 0.3 is 6.09 Å². The molecule has 1 amide bonds. The van der Waals surface area contributed by atoms with Crippen LogP contribution in [0.4, 0.5) is 10.6 Å². The molecule has 0 aliphatic carbocycles. The predicted molar refractivity (Wildman–Crippen MR) is 191 cm³/mol. The molecule has 1 saturated heterocycles. The number of nitrogens with zero attached hydrogens (tertiary/aromatic N) is 3. The second kappa shape index (κ2) is 15.8. The minimum atomic E-state index is -2.14. The molecule has 4 rings (SSSR count). The molecule has 12 heteroatoms. The van der Waals surface area contributed by atoms with Gasteiger partial charge in [-0.25, -0.2) is 14.8 Å². The third-order valence-corrected chi connectivity index (χ3v) is 13.4. The molecule has 1 aromatic carbocycles. The van der Waals surface area contributed by atoms with Crippen LogP contribution in [0, 0.1) is 19.8 Å². The highest BCUT2D eigenvalue weighted by molar-refractivity contribution is 6.74. The van der Waals surface area contributed by atoms with Gasteiger partial charge in [-0.15, -0.1) is 0 Å². The summed E-state index contributed by atoms with van der Waals surface area (Å²) in [5.41, 5.74) is 2.83. The Morgan fingerprint density at radius 1 is 1.06 bits per heavy atom. The highest BCUT2D eigenvalue weighted by Gasteiger charge is 2.39. The van der Waals surface area contributed by atoms with Gasteiger partial charge in [-0.1, -0.05) is 38.1 Å². The van der Waals surface area contributed by atoms with Gasteiger partial charge in [0.25, 0.3) is 0 Å². The van der Waals surface area contributed by atoms with E-state index < -0.39 is 14.4 Å². The second-order valence-electron chi connectivity index (χ2n) is 15.2. The van der Waals surface area contributed by atoms with Gasteiger partial charge in [-0.2, -0.15) is 0 Å². The number of nitrogens with one attached hydrogen (secondary N) is 2. The Morgan fingerprint density at radius 3 is 2.44 bits per heavy atom. The fourth-order valence-corrected chi connectivity index (χ4v) is 6.53. The van der Waals surface area contributed by atoms with Crippen molar-refractivity contribution in [1.82, 2.24) is 20.4 Å². The molecule has 0 saturated carbocycles. The van der Waals surface area contributed by atoms with E-state index >= 15 is 0 Å². The Hall–Kier alpha value is -3.48. The minimum absolute atomic E-state index is 0.00963. The third-order valence-electron chi connectivity index (χ3n) is 8.87. The third kappa shape index (κ3) is 10.8. The lowest BCUT2D eigenvalue weighted by atomic mass is 10.0. The SMILES string of the molecule is Cc1noc(C)c1-c1cc(NCC2CCOCC2)nc(-c2cccc(OCC(CCOC(=O)NC(C)(C)C)O[Si](C)(C)C(C)(C)C)c2)n1. The number of benzene rings is 1. The van der Waals surface area contributed by atoms with Gasteiger partial charge in [0.05, 0.1) is 29.7 Å². The Labute approximate surface area is 287 Å². The minimum Gasteiger partial charge on any atom is -0.491 e. The topological polar surface area (TPSA) is 130 Å². The molecular formula is C36H55N5O6Si. The van der Waals surface area contributed by atoms with E-state index in [2.05, 4.69) is 49.7 Å². The van der Waals surface area contributed by atoms with Crippen LogP contribution in [0.5, 0.6) is 5.75 Å². The van der Waals surface area contributed by atoms with Crippen molar-refractivity contribution in [2.75, 3.05) is 38.3 Å². The van der Waals surface area contributed by atoms with Gasteiger partial charge in [0, 0.05) is 43.3 Å². The first-order valence-corrected chi connectivity index (χ1v) is 19.9. The maximum Gasteiger partial charge on any atom is 0.407 e. The molecule has 0 spiro atoms. The summed E-state index contributed by atoms with van der Waals surface area (Å²) in [4.78, 5) is 22.2. The van der Waals surface area contributed by atoms with Gasteiger partial charge in [0.2, 0.25) is 0 Å². The maximum absolute atomic E-state index is 12.3. The summed E-state index contributed by atoms with van der Waals surface area (Å²) >= 11 is 0. The number of amides is 1. The van der Waals surface area contributed by atoms with Gasteiger partial charge in [0.1, 0.15) is 23.9 Å². The number of hydrogen-bond acceptors (Lipinski definition) is 10. The highest BCUT2D eigenvalue weighted by atomic mass is 28.4.